The molecule has 1 aliphatic rings. The summed E-state index contributed by atoms with van der Waals surface area (Å²) in [5, 5.41) is 13.5. The number of nitrogens with zero attached hydrogens (tertiary/aromatic N) is 1. The quantitative estimate of drug-likeness (QED) is 0.452. The second kappa shape index (κ2) is 10.8. The summed E-state index contributed by atoms with van der Waals surface area (Å²) in [6.07, 6.45) is -4.41. The molecule has 0 spiro atoms. The Morgan fingerprint density at radius 2 is 1.85 bits per heavy atom. The van der Waals surface area contributed by atoms with Gasteiger partial charge in [-0.2, -0.15) is 0 Å². The highest BCUT2D eigenvalue weighted by molar-refractivity contribution is 5.98. The number of hydrogen-bond donors (Lipinski definition) is 3. The van der Waals surface area contributed by atoms with E-state index in [1.54, 1.807) is 0 Å². The van der Waals surface area contributed by atoms with Crippen molar-refractivity contribution in [1.29, 1.82) is 0 Å². The minimum Gasteiger partial charge on any atom is -0.481 e. The van der Waals surface area contributed by atoms with Crippen LogP contribution in [0.4, 0.5) is 13.2 Å². The number of likely N-dealkylation sites (tertiary alicyclic amines) is 1. The summed E-state index contributed by atoms with van der Waals surface area (Å²) in [7, 11) is 0. The molecule has 1 aromatic carbocycles. The molecule has 0 saturated carbocycles. The van der Waals surface area contributed by atoms with Crippen molar-refractivity contribution in [3.63, 3.8) is 0 Å². The van der Waals surface area contributed by atoms with E-state index in [2.05, 4.69) is 15.4 Å². The molecule has 1 aromatic rings. The SMILES string of the molecule is CC(NC(=O)c1ccc(OC(F)(F)F)cc1)C(=O)N1CCC[C@H]1C(=O)N[C@H](C=O)CC(=O)O. The number of benzene rings is 1. The van der Waals surface area contributed by atoms with Gasteiger partial charge in [0.1, 0.15) is 24.1 Å². The van der Waals surface area contributed by atoms with Crippen LogP contribution in [-0.4, -0.2) is 71.0 Å². The molecule has 0 aliphatic carbocycles. The number of hydrogen-bond acceptors (Lipinski definition) is 6. The van der Waals surface area contributed by atoms with E-state index in [4.69, 9.17) is 5.11 Å². The average Bonchev–Trinajstić information content (AvgIpc) is 3.21. The van der Waals surface area contributed by atoms with Crippen LogP contribution in [0.25, 0.3) is 0 Å². The second-order valence-electron chi connectivity index (χ2n) is 7.31. The third-order valence-electron chi connectivity index (χ3n) is 4.79. The van der Waals surface area contributed by atoms with Gasteiger partial charge in [-0.1, -0.05) is 0 Å². The number of amides is 3. The molecule has 3 atom stereocenters. The number of halogens is 3. The smallest absolute Gasteiger partial charge is 0.481 e. The number of carboxylic acid groups (broad SMARTS) is 1. The normalized spacial score (nSPS) is 17.6. The van der Waals surface area contributed by atoms with Crippen molar-refractivity contribution in [2.24, 2.45) is 0 Å². The predicted octanol–water partition coefficient (Wildman–Crippen LogP) is 0.853. The molecule has 13 heteroatoms. The molecule has 180 valence electrons. The molecule has 10 nitrogen and oxygen atoms in total. The monoisotopic (exact) mass is 473 g/mol. The molecule has 3 amide bonds. The van der Waals surface area contributed by atoms with Gasteiger partial charge in [-0.3, -0.25) is 19.2 Å². The van der Waals surface area contributed by atoms with Gasteiger partial charge in [-0.05, 0) is 44.0 Å². The van der Waals surface area contributed by atoms with Crippen molar-refractivity contribution in [2.45, 2.75) is 50.7 Å². The summed E-state index contributed by atoms with van der Waals surface area (Å²) in [6, 6.07) is 0.856. The van der Waals surface area contributed by atoms with Crippen LogP contribution in [0, 0.1) is 0 Å². The van der Waals surface area contributed by atoms with Gasteiger partial charge in [-0.25, -0.2) is 0 Å². The van der Waals surface area contributed by atoms with E-state index < -0.39 is 60.3 Å². The Morgan fingerprint density at radius 1 is 1.21 bits per heavy atom. The highest BCUT2D eigenvalue weighted by Crippen LogP contribution is 2.23. The number of aldehydes is 1. The van der Waals surface area contributed by atoms with Crippen LogP contribution in [0.2, 0.25) is 0 Å². The van der Waals surface area contributed by atoms with E-state index in [0.29, 0.717) is 12.7 Å². The van der Waals surface area contributed by atoms with Crippen molar-refractivity contribution < 1.29 is 47.0 Å². The van der Waals surface area contributed by atoms with Gasteiger partial charge >= 0.3 is 12.3 Å². The maximum atomic E-state index is 12.8. The summed E-state index contributed by atoms with van der Waals surface area (Å²) in [4.78, 5) is 60.6. The Bertz CT molecular complexity index is 905. The zero-order valence-electron chi connectivity index (χ0n) is 17.4. The molecule has 1 fully saturated rings. The number of ether oxygens (including phenoxy) is 1. The number of aliphatic carboxylic acids is 1. The molecule has 1 saturated heterocycles. The standard InChI is InChI=1S/C20H22F3N3O7/c1-11(24-17(30)12-4-6-14(7-5-12)33-20(21,22)23)19(32)26-8-2-3-15(26)18(31)25-13(10-27)9-16(28)29/h4-7,10-11,13,15H,2-3,8-9H2,1H3,(H,24,30)(H,25,31)(H,28,29)/t11?,13-,15-/m0/s1. The van der Waals surface area contributed by atoms with Crippen LogP contribution in [-0.2, 0) is 19.2 Å². The lowest BCUT2D eigenvalue weighted by molar-refractivity contribution is -0.274. The molecule has 3 N–H and O–H groups in total. The third kappa shape index (κ3) is 7.47. The summed E-state index contributed by atoms with van der Waals surface area (Å²) < 4.78 is 40.4. The second-order valence-corrected chi connectivity index (χ2v) is 7.31. The molecule has 1 aliphatic heterocycles. The summed E-state index contributed by atoms with van der Waals surface area (Å²) in [5.74, 6) is -3.78. The maximum Gasteiger partial charge on any atom is 0.573 e. The molecule has 0 aromatic heterocycles. The van der Waals surface area contributed by atoms with E-state index in [1.165, 1.54) is 11.8 Å². The topological polar surface area (TPSA) is 142 Å². The van der Waals surface area contributed by atoms with Crippen molar-refractivity contribution >= 4 is 30.0 Å². The fraction of sp³-hybridized carbons (Fsp3) is 0.450. The Labute approximate surface area is 186 Å². The van der Waals surface area contributed by atoms with Crippen LogP contribution in [0.5, 0.6) is 5.75 Å². The zero-order chi connectivity index (χ0) is 24.8. The Balaban J connectivity index is 1.98. The number of alkyl halides is 3. The average molecular weight is 473 g/mol. The third-order valence-corrected chi connectivity index (χ3v) is 4.79. The van der Waals surface area contributed by atoms with E-state index in [1.807, 2.05) is 0 Å². The first-order valence-corrected chi connectivity index (χ1v) is 9.86. The van der Waals surface area contributed by atoms with Crippen molar-refractivity contribution in [1.82, 2.24) is 15.5 Å². The fourth-order valence-corrected chi connectivity index (χ4v) is 3.30. The minimum atomic E-state index is -4.87. The van der Waals surface area contributed by atoms with Gasteiger partial charge in [0.2, 0.25) is 11.8 Å². The number of carboxylic acids is 1. The van der Waals surface area contributed by atoms with Crippen LogP contribution in [0.3, 0.4) is 0 Å². The van der Waals surface area contributed by atoms with Gasteiger partial charge in [-0.15, -0.1) is 13.2 Å². The highest BCUT2D eigenvalue weighted by atomic mass is 19.4. The summed E-state index contributed by atoms with van der Waals surface area (Å²) >= 11 is 0. The lowest BCUT2D eigenvalue weighted by Gasteiger charge is -2.27. The van der Waals surface area contributed by atoms with Gasteiger partial charge in [0.05, 0.1) is 12.5 Å². The molecule has 0 radical (unpaired) electrons. The Hall–Kier alpha value is -3.64. The largest absolute Gasteiger partial charge is 0.573 e. The first-order valence-electron chi connectivity index (χ1n) is 9.86. The zero-order valence-corrected chi connectivity index (χ0v) is 17.4. The van der Waals surface area contributed by atoms with Crippen molar-refractivity contribution in [3.8, 4) is 5.75 Å². The van der Waals surface area contributed by atoms with Gasteiger partial charge in [0.15, 0.2) is 0 Å². The molecule has 2 rings (SSSR count). The van der Waals surface area contributed by atoms with Crippen molar-refractivity contribution in [2.75, 3.05) is 6.54 Å². The summed E-state index contributed by atoms with van der Waals surface area (Å²) in [5.41, 5.74) is -0.0117. The lowest BCUT2D eigenvalue weighted by atomic mass is 10.1. The molecule has 1 heterocycles. The first-order chi connectivity index (χ1) is 15.4. The molecule has 1 unspecified atom stereocenters. The van der Waals surface area contributed by atoms with Crippen molar-refractivity contribution in [3.05, 3.63) is 29.8 Å². The number of carbonyl (C=O) groups is 5. The molecular weight excluding hydrogens is 451 g/mol. The fourth-order valence-electron chi connectivity index (χ4n) is 3.30. The van der Waals surface area contributed by atoms with E-state index in [0.717, 1.165) is 24.3 Å². The van der Waals surface area contributed by atoms with Crippen LogP contribution < -0.4 is 15.4 Å². The number of rotatable bonds is 9. The van der Waals surface area contributed by atoms with E-state index >= 15 is 0 Å². The van der Waals surface area contributed by atoms with Gasteiger partial charge in [0.25, 0.3) is 5.91 Å². The molecule has 0 bridgehead atoms. The Kier molecular flexibility index (Phi) is 8.38. The van der Waals surface area contributed by atoms with E-state index in [9.17, 15) is 37.1 Å². The summed E-state index contributed by atoms with van der Waals surface area (Å²) in [6.45, 7) is 1.60. The first kappa shape index (κ1) is 25.6. The van der Waals surface area contributed by atoms with Gasteiger partial charge < -0.3 is 30.2 Å². The molecular formula is C20H22F3N3O7. The maximum absolute atomic E-state index is 12.8. The number of carbonyl (C=O) groups excluding carboxylic acids is 4. The Morgan fingerprint density at radius 3 is 2.39 bits per heavy atom. The van der Waals surface area contributed by atoms with Crippen LogP contribution in [0.15, 0.2) is 24.3 Å². The predicted molar refractivity (Wildman–Crippen MR) is 105 cm³/mol. The van der Waals surface area contributed by atoms with Gasteiger partial charge in [0, 0.05) is 12.1 Å². The highest BCUT2D eigenvalue weighted by Gasteiger charge is 2.37. The van der Waals surface area contributed by atoms with E-state index in [-0.39, 0.29) is 18.5 Å². The van der Waals surface area contributed by atoms with Crippen LogP contribution in [0.1, 0.15) is 36.5 Å². The lowest BCUT2D eigenvalue weighted by Crippen LogP contribution is -2.54. The minimum absolute atomic E-state index is 0.0117. The molecule has 33 heavy (non-hydrogen) atoms. The number of nitrogens with one attached hydrogen (secondary N) is 2. The van der Waals surface area contributed by atoms with Crippen LogP contribution >= 0.6 is 0 Å².